The fourth-order valence-electron chi connectivity index (χ4n) is 6.59. The van der Waals surface area contributed by atoms with Crippen LogP contribution in [-0.2, 0) is 30.6 Å². The molecule has 36 heteroatoms. The number of benzene rings is 3. The Hall–Kier alpha value is -8.49. The van der Waals surface area contributed by atoms with Gasteiger partial charge < -0.3 is 28.4 Å². The molecule has 0 saturated heterocycles. The summed E-state index contributed by atoms with van der Waals surface area (Å²) in [6, 6.07) is 0.564. The molecule has 6 aromatic heterocycles. The van der Waals surface area contributed by atoms with Gasteiger partial charge >= 0.3 is 18.0 Å². The first-order chi connectivity index (χ1) is 54.9. The molecule has 3 aromatic carbocycles. The standard InChI is InChI=1S/3C20H23BrN6O4S/c3*1-3-8-26-32(28,29)27-18-17(15-4-6-16(21)7-5-15)19(25-13-24-18)30-9-10-31-20-22-11-14(2)12-23-20/h3*4-7,11-13,26H,3,8-10H2,1-2H3,(H,24,25,27)/i3D2,4D,5D,6D,7D,8D2,9D2,10D2;4D,5D,6D,7D,8D2,9D2,10D2;13D. The molecule has 9 rings (SSSR count). The van der Waals surface area contributed by atoms with E-state index in [-0.39, 0.29) is 52.8 Å². The molecule has 30 nitrogen and oxygen atoms in total. The highest BCUT2D eigenvalue weighted by atomic mass is 79.9. The molecule has 0 aliphatic carbocycles. The van der Waals surface area contributed by atoms with E-state index in [1.165, 1.54) is 36.4 Å². The monoisotopic (exact) mass is 1590 g/mol. The van der Waals surface area contributed by atoms with E-state index in [4.69, 9.17) is 59.9 Å². The lowest BCUT2D eigenvalue weighted by Gasteiger charge is -2.15. The fraction of sp³-hybridized carbons (Fsp3) is 0.300. The van der Waals surface area contributed by atoms with Crippen LogP contribution in [0.2, 0.25) is 0 Å². The van der Waals surface area contributed by atoms with Crippen LogP contribution in [0.1, 0.15) is 88.2 Å². The third kappa shape index (κ3) is 24.9. The molecule has 0 bridgehead atoms. The van der Waals surface area contributed by atoms with E-state index in [9.17, 15) is 25.3 Å². The number of nitrogens with one attached hydrogen (secondary N) is 6. The van der Waals surface area contributed by atoms with Gasteiger partial charge in [0.1, 0.15) is 59.8 Å². The molecule has 0 radical (unpaired) electrons. The maximum Gasteiger partial charge on any atom is 0.316 e. The van der Waals surface area contributed by atoms with Crippen molar-refractivity contribution in [2.45, 2.75) is 60.8 Å². The van der Waals surface area contributed by atoms with Gasteiger partial charge in [-0.3, -0.25) is 14.2 Å². The Labute approximate surface area is 614 Å². The van der Waals surface area contributed by atoms with Gasteiger partial charge in [0.15, 0.2) is 17.5 Å². The zero-order valence-corrected chi connectivity index (χ0v) is 57.8. The summed E-state index contributed by atoms with van der Waals surface area (Å²) in [7, 11) is -13.8. The van der Waals surface area contributed by atoms with E-state index in [2.05, 4.69) is 117 Å². The van der Waals surface area contributed by atoms with E-state index in [0.717, 1.165) is 17.0 Å². The maximum atomic E-state index is 12.9. The average molecular weight is 1590 g/mol. The topological polar surface area (TPSA) is 385 Å². The van der Waals surface area contributed by atoms with Crippen LogP contribution < -0.4 is 56.8 Å². The smallest absolute Gasteiger partial charge is 0.316 e. The number of aromatic nitrogens is 12. The molecule has 510 valence electrons. The van der Waals surface area contributed by atoms with E-state index in [0.29, 0.717) is 41.3 Å². The molecule has 0 atom stereocenters. The second kappa shape index (κ2) is 37.7. The van der Waals surface area contributed by atoms with Gasteiger partial charge in [0.05, 0.1) is 38.6 Å². The van der Waals surface area contributed by atoms with Crippen molar-refractivity contribution in [1.82, 2.24) is 74.0 Å². The molecule has 0 spiro atoms. The van der Waals surface area contributed by atoms with Gasteiger partial charge in [-0.15, -0.1) is 0 Å². The summed E-state index contributed by atoms with van der Waals surface area (Å²) >= 11 is 9.25. The maximum absolute atomic E-state index is 12.9. The Kier molecular flexibility index (Phi) is 19.0. The third-order valence-corrected chi connectivity index (χ3v) is 14.7. The van der Waals surface area contributed by atoms with Crippen LogP contribution in [0, 0.1) is 20.8 Å². The van der Waals surface area contributed by atoms with Gasteiger partial charge in [0.25, 0.3) is 30.6 Å². The number of ether oxygens (including phenoxy) is 6. The molecule has 0 unspecified atom stereocenters. The molecule has 0 amide bonds. The molecule has 0 aliphatic heterocycles. The summed E-state index contributed by atoms with van der Waals surface area (Å²) in [5.74, 6) is -3.58. The molecule has 0 fully saturated rings. The Balaban J connectivity index is 0.000000249. The average Bonchev–Trinajstić information content (AvgIpc) is 0.752. The van der Waals surface area contributed by atoms with Gasteiger partial charge in [-0.2, -0.15) is 39.4 Å². The van der Waals surface area contributed by atoms with Crippen molar-refractivity contribution >= 4 is 95.9 Å². The van der Waals surface area contributed by atoms with Crippen molar-refractivity contribution in [3.8, 4) is 69.1 Å². The molecular formula is C60H69Br3N18O12S3. The minimum atomic E-state index is -5.09. The summed E-state index contributed by atoms with van der Waals surface area (Å²) in [6.07, 6.45) is 6.92. The van der Waals surface area contributed by atoms with Gasteiger partial charge in [-0.1, -0.05) is 105 Å². The Morgan fingerprint density at radius 3 is 1.24 bits per heavy atom. The molecule has 96 heavy (non-hydrogen) atoms. The molecule has 9 aromatic rings. The summed E-state index contributed by atoms with van der Waals surface area (Å²) in [5, 5.41) is 0. The van der Waals surface area contributed by atoms with E-state index in [1.54, 1.807) is 60.0 Å². The first-order valence-corrected chi connectivity index (χ1v) is 33.9. The highest BCUT2D eigenvalue weighted by Crippen LogP contribution is 2.38. The highest BCUT2D eigenvalue weighted by molar-refractivity contribution is 9.11. The van der Waals surface area contributed by atoms with Crippen LogP contribution in [0.3, 0.4) is 0 Å². The minimum absolute atomic E-state index is 0.0407. The number of halogens is 3. The zero-order valence-electron chi connectivity index (χ0n) is 73.6. The van der Waals surface area contributed by atoms with Crippen LogP contribution in [0.4, 0.5) is 17.5 Å². The molecular weight excluding hydrogens is 1500 g/mol. The van der Waals surface area contributed by atoms with E-state index in [1.807, 2.05) is 18.6 Å². The lowest BCUT2D eigenvalue weighted by atomic mass is 10.1. The Morgan fingerprint density at radius 2 is 0.802 bits per heavy atom. The summed E-state index contributed by atoms with van der Waals surface area (Å²) in [6.45, 7) is -9.67. The third-order valence-electron chi connectivity index (χ3n) is 10.6. The van der Waals surface area contributed by atoms with E-state index < -0.39 is 189 Å². The van der Waals surface area contributed by atoms with Crippen molar-refractivity contribution in [2.75, 3.05) is 73.2 Å². The predicted molar refractivity (Wildman–Crippen MR) is 371 cm³/mol. The van der Waals surface area contributed by atoms with Crippen molar-refractivity contribution in [2.24, 2.45) is 0 Å². The summed E-state index contributed by atoms with van der Waals surface area (Å²) in [5.41, 5.74) is 0.123. The quantitative estimate of drug-likeness (QED) is 0.0208. The summed E-state index contributed by atoms with van der Waals surface area (Å²) < 4.78 is 306. The normalized spacial score (nSPS) is 15.7. The van der Waals surface area contributed by atoms with Crippen molar-refractivity contribution in [3.05, 3.63) is 159 Å². The van der Waals surface area contributed by atoms with Crippen LogP contribution >= 0.6 is 47.8 Å². The van der Waals surface area contributed by atoms with E-state index >= 15 is 0 Å². The van der Waals surface area contributed by atoms with Crippen LogP contribution in [-0.4, -0.2) is 144 Å². The number of anilines is 3. The number of rotatable bonds is 33. The van der Waals surface area contributed by atoms with Crippen LogP contribution in [0.5, 0.6) is 35.7 Å². The summed E-state index contributed by atoms with van der Waals surface area (Å²) in [4.78, 5) is 46.2. The van der Waals surface area contributed by atoms with Crippen LogP contribution in [0.25, 0.3) is 33.4 Å². The molecule has 0 aliphatic rings. The van der Waals surface area contributed by atoms with Crippen molar-refractivity contribution in [1.29, 1.82) is 0 Å². The Morgan fingerprint density at radius 1 is 0.417 bits per heavy atom. The minimum Gasteiger partial charge on any atom is -0.473 e. The highest BCUT2D eigenvalue weighted by Gasteiger charge is 2.23. The largest absolute Gasteiger partial charge is 0.473 e. The second-order valence-corrected chi connectivity index (χ2v) is 24.8. The molecule has 6 heterocycles. The second-order valence-electron chi connectivity index (χ2n) is 18.0. The number of hydrogen-bond acceptors (Lipinski definition) is 24. The zero-order chi connectivity index (χ0) is 89.3. The first kappa shape index (κ1) is 48.2. The lowest BCUT2D eigenvalue weighted by molar-refractivity contribution is 0.202. The van der Waals surface area contributed by atoms with Crippen molar-refractivity contribution < 1.29 is 85.2 Å². The fourth-order valence-corrected chi connectivity index (χ4v) is 9.69. The lowest BCUT2D eigenvalue weighted by Crippen LogP contribution is -2.31. The first-order valence-electron chi connectivity index (χ1n) is 38.5. The van der Waals surface area contributed by atoms with Gasteiger partial charge in [0, 0.05) is 78.4 Å². The molecule has 6 N–H and O–H groups in total. The van der Waals surface area contributed by atoms with Gasteiger partial charge in [-0.25, -0.2) is 59.8 Å². The SMILES string of the molecule is [2H]c1c([2H])c(-c2c(NS(=O)(=O)NC([2H])([2H])C([2H])([2H])C)ncnc2OC([2H])([2H])C([2H])([2H])Oc2ncc(C)cn2)c([2H])c([2H])c1Br.[2H]c1c([2H])c(-c2c(NS(=O)(=O)NC([2H])([2H])CC)ncnc2OC([2H])([2H])C([2H])([2H])Oc2ncc(C)cn2)c([2H])c([2H])c1Br.[2H]c1nc(NS(=O)(=O)NCCC)c(-c2ccc(Br)cc2)c(OCCOc2ncc(C)cn2)n1. The Bertz CT molecular complexity index is 5460. The number of nitrogens with zero attached hydrogens (tertiary/aromatic N) is 12. The predicted octanol–water partition coefficient (Wildman–Crippen LogP) is 9.36. The number of hydrogen-bond donors (Lipinski definition) is 6. The number of aryl methyl sites for hydroxylation is 3. The molecule has 0 saturated carbocycles. The van der Waals surface area contributed by atoms with Crippen molar-refractivity contribution in [3.63, 3.8) is 0 Å². The van der Waals surface area contributed by atoms with Gasteiger partial charge in [-0.05, 0) is 110 Å². The van der Waals surface area contributed by atoms with Crippen LogP contribution in [0.15, 0.2) is 142 Å². The van der Waals surface area contributed by atoms with Gasteiger partial charge in [0.2, 0.25) is 17.6 Å².